The molecule has 1 aromatic carbocycles. The van der Waals surface area contributed by atoms with Crippen molar-refractivity contribution < 1.29 is 48.5 Å². The van der Waals surface area contributed by atoms with Crippen LogP contribution >= 0.6 is 11.8 Å². The number of methoxy groups -OCH3 is 1. The molecule has 0 aromatic heterocycles. The minimum atomic E-state index is -1.85. The molecular formula is C23H27N5O10S. The molecular weight excluding hydrogens is 538 g/mol. The molecule has 5 amide bonds. The molecule has 0 bridgehead atoms. The summed E-state index contributed by atoms with van der Waals surface area (Å²) >= 11 is 1.09. The molecule has 0 saturated carbocycles. The number of carbonyl (C=O) groups is 6. The van der Waals surface area contributed by atoms with Gasteiger partial charge in [-0.3, -0.25) is 14.5 Å². The minimum absolute atomic E-state index is 0.0405. The third-order valence-electron chi connectivity index (χ3n) is 5.88. The number of aliphatic carboxylic acids is 2. The van der Waals surface area contributed by atoms with E-state index in [1.807, 2.05) is 0 Å². The Morgan fingerprint density at radius 2 is 1.90 bits per heavy atom. The number of fused-ring (bicyclic) bond motifs is 1. The average Bonchev–Trinajstić information content (AvgIpc) is 2.89. The molecule has 1 saturated heterocycles. The van der Waals surface area contributed by atoms with Crippen molar-refractivity contribution >= 4 is 53.3 Å². The lowest BCUT2D eigenvalue weighted by atomic mass is 9.97. The van der Waals surface area contributed by atoms with E-state index < -0.39 is 65.3 Å². The summed E-state index contributed by atoms with van der Waals surface area (Å²) in [6, 6.07) is 6.40. The molecule has 0 spiro atoms. The molecule has 210 valence electrons. The van der Waals surface area contributed by atoms with Gasteiger partial charge in [-0.05, 0) is 25.0 Å². The highest BCUT2D eigenvalue weighted by molar-refractivity contribution is 8.00. The SMILES string of the molecule is COC1(NC(=O)CCCC(NC(=O)Nc2ccccc2)C(=O)O)C(=O)N2C(C(=O)O)=C(COC(N)=O)CS[C@H]21. The number of primary amides is 1. The number of amides is 5. The predicted molar refractivity (Wildman–Crippen MR) is 135 cm³/mol. The molecule has 3 atom stereocenters. The number of benzene rings is 1. The number of hydrogen-bond acceptors (Lipinski definition) is 9. The zero-order chi connectivity index (χ0) is 28.7. The Morgan fingerprint density at radius 1 is 1.21 bits per heavy atom. The maximum absolute atomic E-state index is 13.0. The monoisotopic (exact) mass is 565 g/mol. The number of urea groups is 1. The molecule has 2 aliphatic heterocycles. The third-order valence-corrected chi connectivity index (χ3v) is 7.25. The van der Waals surface area contributed by atoms with Crippen LogP contribution in [0.25, 0.3) is 0 Å². The Labute approximate surface area is 226 Å². The largest absolute Gasteiger partial charge is 0.480 e. The van der Waals surface area contributed by atoms with Crippen LogP contribution in [0.2, 0.25) is 0 Å². The number of nitrogens with zero attached hydrogens (tertiary/aromatic N) is 1. The number of nitrogens with one attached hydrogen (secondary N) is 3. The molecule has 2 unspecified atom stereocenters. The van der Waals surface area contributed by atoms with Gasteiger partial charge in [0.05, 0.1) is 0 Å². The van der Waals surface area contributed by atoms with E-state index in [1.165, 1.54) is 7.11 Å². The van der Waals surface area contributed by atoms with Crippen molar-refractivity contribution in [1.82, 2.24) is 15.5 Å². The second-order valence-electron chi connectivity index (χ2n) is 8.44. The van der Waals surface area contributed by atoms with E-state index in [4.69, 9.17) is 10.5 Å². The number of carboxylic acid groups (broad SMARTS) is 2. The first-order valence-corrected chi connectivity index (χ1v) is 12.6. The summed E-state index contributed by atoms with van der Waals surface area (Å²) in [4.78, 5) is 73.2. The highest BCUT2D eigenvalue weighted by Crippen LogP contribution is 2.46. The number of rotatable bonds is 12. The Kier molecular flexibility index (Phi) is 9.37. The highest BCUT2D eigenvalue weighted by atomic mass is 32.2. The van der Waals surface area contributed by atoms with Crippen LogP contribution < -0.4 is 21.7 Å². The summed E-state index contributed by atoms with van der Waals surface area (Å²) in [5, 5.41) is 25.5. The minimum Gasteiger partial charge on any atom is -0.480 e. The van der Waals surface area contributed by atoms with Crippen molar-refractivity contribution in [2.24, 2.45) is 5.73 Å². The number of para-hydroxylation sites is 1. The Balaban J connectivity index is 1.58. The number of anilines is 1. The first kappa shape index (κ1) is 29.2. The van der Waals surface area contributed by atoms with Gasteiger partial charge in [-0.2, -0.15) is 0 Å². The summed E-state index contributed by atoms with van der Waals surface area (Å²) in [5.74, 6) is -4.16. The fraction of sp³-hybridized carbons (Fsp3) is 0.391. The van der Waals surface area contributed by atoms with Crippen LogP contribution in [0.3, 0.4) is 0 Å². The van der Waals surface area contributed by atoms with Gasteiger partial charge in [0, 0.05) is 30.5 Å². The summed E-state index contributed by atoms with van der Waals surface area (Å²) in [5.41, 5.74) is 3.32. The van der Waals surface area contributed by atoms with E-state index in [1.54, 1.807) is 30.3 Å². The van der Waals surface area contributed by atoms with Gasteiger partial charge in [0.15, 0.2) is 0 Å². The molecule has 15 nitrogen and oxygen atoms in total. The van der Waals surface area contributed by atoms with E-state index in [2.05, 4.69) is 20.7 Å². The first-order valence-electron chi connectivity index (χ1n) is 11.5. The summed E-state index contributed by atoms with van der Waals surface area (Å²) < 4.78 is 10.0. The number of nitrogens with two attached hydrogens (primary N) is 1. The normalized spacial score (nSPS) is 20.7. The second kappa shape index (κ2) is 12.5. The molecule has 2 heterocycles. The number of hydrogen-bond donors (Lipinski definition) is 6. The zero-order valence-electron chi connectivity index (χ0n) is 20.7. The van der Waals surface area contributed by atoms with E-state index in [9.17, 15) is 39.0 Å². The molecule has 1 aromatic rings. The van der Waals surface area contributed by atoms with Crippen LogP contribution in [0, 0.1) is 0 Å². The van der Waals surface area contributed by atoms with Crippen LogP contribution in [0.5, 0.6) is 0 Å². The molecule has 7 N–H and O–H groups in total. The van der Waals surface area contributed by atoms with Crippen molar-refractivity contribution in [2.75, 3.05) is 24.8 Å². The molecule has 2 aliphatic rings. The summed E-state index contributed by atoms with van der Waals surface area (Å²) in [7, 11) is 1.18. The lowest BCUT2D eigenvalue weighted by molar-refractivity contribution is -0.192. The highest BCUT2D eigenvalue weighted by Gasteiger charge is 2.66. The van der Waals surface area contributed by atoms with E-state index in [-0.39, 0.29) is 30.6 Å². The predicted octanol–water partition coefficient (Wildman–Crippen LogP) is 0.240. The van der Waals surface area contributed by atoms with E-state index >= 15 is 0 Å². The first-order chi connectivity index (χ1) is 18.5. The molecule has 0 radical (unpaired) electrons. The van der Waals surface area contributed by atoms with Crippen LogP contribution in [0.15, 0.2) is 41.6 Å². The molecule has 39 heavy (non-hydrogen) atoms. The lowest BCUT2D eigenvalue weighted by Crippen LogP contribution is -2.80. The average molecular weight is 566 g/mol. The molecule has 1 fully saturated rings. The Morgan fingerprint density at radius 3 is 2.49 bits per heavy atom. The zero-order valence-corrected chi connectivity index (χ0v) is 21.5. The van der Waals surface area contributed by atoms with Crippen molar-refractivity contribution in [3.8, 4) is 0 Å². The maximum Gasteiger partial charge on any atom is 0.404 e. The van der Waals surface area contributed by atoms with Gasteiger partial charge >= 0.3 is 24.1 Å². The van der Waals surface area contributed by atoms with Crippen molar-refractivity contribution in [3.63, 3.8) is 0 Å². The fourth-order valence-electron chi connectivity index (χ4n) is 4.05. The second-order valence-corrected chi connectivity index (χ2v) is 9.51. The number of thioether (sulfide) groups is 1. The molecule has 0 aliphatic carbocycles. The van der Waals surface area contributed by atoms with Gasteiger partial charge < -0.3 is 41.4 Å². The number of carboxylic acids is 2. The third kappa shape index (κ3) is 6.58. The summed E-state index contributed by atoms with van der Waals surface area (Å²) in [6.07, 6.45) is -1.36. The Bertz CT molecular complexity index is 1190. The van der Waals surface area contributed by atoms with Crippen LogP contribution in [0.4, 0.5) is 15.3 Å². The molecule has 16 heteroatoms. The van der Waals surface area contributed by atoms with Crippen LogP contribution in [0.1, 0.15) is 19.3 Å². The smallest absolute Gasteiger partial charge is 0.404 e. The lowest BCUT2D eigenvalue weighted by Gasteiger charge is -2.55. The maximum atomic E-state index is 13.0. The van der Waals surface area contributed by atoms with Gasteiger partial charge in [-0.25, -0.2) is 19.2 Å². The number of β-lactam (4-membered cyclic amide) rings is 1. The quantitative estimate of drug-likeness (QED) is 0.149. The van der Waals surface area contributed by atoms with Crippen LogP contribution in [-0.4, -0.2) is 87.6 Å². The topological polar surface area (TPSA) is 227 Å². The number of carbonyl (C=O) groups excluding carboxylic acids is 4. The number of ether oxygens (including phenoxy) is 2. The van der Waals surface area contributed by atoms with Gasteiger partial charge in [0.25, 0.3) is 11.6 Å². The molecule has 3 rings (SSSR count). The van der Waals surface area contributed by atoms with Crippen molar-refractivity contribution in [3.05, 3.63) is 41.6 Å². The fourth-order valence-corrected chi connectivity index (χ4v) is 5.47. The Hall–Kier alpha value is -4.31. The van der Waals surface area contributed by atoms with Gasteiger partial charge in [-0.1, -0.05) is 18.2 Å². The van der Waals surface area contributed by atoms with Gasteiger partial charge in [0.2, 0.25) is 5.91 Å². The van der Waals surface area contributed by atoms with Crippen LogP contribution in [-0.2, 0) is 28.7 Å². The van der Waals surface area contributed by atoms with Gasteiger partial charge in [0.1, 0.15) is 23.7 Å². The van der Waals surface area contributed by atoms with Crippen molar-refractivity contribution in [2.45, 2.75) is 36.4 Å². The standard InChI is InChI=1S/C23H27N5O10S/c1-37-23(19(34)28-16(18(32)33)12(10-38-21(24)35)11-39-20(23)28)27-15(29)9-5-8-14(17(30)31)26-22(36)25-13-6-3-2-4-7-13/h2-4,6-7,14,20H,5,8-11H2,1H3,(H2,24,35)(H,27,29)(H,30,31)(H,32,33)(H2,25,26,36)/t14?,20-,23?/m0/s1. The van der Waals surface area contributed by atoms with E-state index in [0.717, 1.165) is 16.7 Å². The van der Waals surface area contributed by atoms with E-state index in [0.29, 0.717) is 5.69 Å². The van der Waals surface area contributed by atoms with Gasteiger partial charge in [-0.15, -0.1) is 11.8 Å². The van der Waals surface area contributed by atoms with Crippen molar-refractivity contribution in [1.29, 1.82) is 0 Å². The summed E-state index contributed by atoms with van der Waals surface area (Å²) in [6.45, 7) is -0.422.